The second kappa shape index (κ2) is 13.1. The van der Waals surface area contributed by atoms with Gasteiger partial charge in [0.1, 0.15) is 22.0 Å². The maximum Gasteiger partial charge on any atom is 0.397 e. The summed E-state index contributed by atoms with van der Waals surface area (Å²) in [5.41, 5.74) is -0.207. The molecule has 4 aromatic rings. The van der Waals surface area contributed by atoms with Gasteiger partial charge in [0, 0.05) is 22.8 Å². The number of rotatable bonds is 12. The zero-order valence-corrected chi connectivity index (χ0v) is 27.4. The minimum absolute atomic E-state index is 0.0268. The second-order valence-corrected chi connectivity index (χ2v) is 15.6. The van der Waals surface area contributed by atoms with Gasteiger partial charge in [-0.05, 0) is 60.3 Å². The summed E-state index contributed by atoms with van der Waals surface area (Å²) in [5, 5.41) is 22.0. The monoisotopic (exact) mass is 731 g/mol. The molecule has 0 bridgehead atoms. The number of phenols is 1. The predicted molar refractivity (Wildman–Crippen MR) is 166 cm³/mol. The number of methoxy groups -OCH3 is 1. The standard InChI is InChI=1S/C26H25N3O14S4/c1-15-10-21(22(42-2)14-23(15)44(31,32)9-8-43-47(39,40)41)28-29-25-24(46(36,37)38)11-16-6-7-18(13-20(16)26(25)30)27-17-4-3-5-19(12-17)45(33,34)35/h3-7,10-14,27,30H,8-9H2,1-2H3,(H,33,34,35)(H,36,37,38)(H,39,40,41)/b29-28+. The van der Waals surface area contributed by atoms with E-state index in [2.05, 4.69) is 19.7 Å². The van der Waals surface area contributed by atoms with Crippen molar-refractivity contribution in [2.45, 2.75) is 21.6 Å². The first-order valence-corrected chi connectivity index (χ1v) is 18.7. The van der Waals surface area contributed by atoms with Gasteiger partial charge in [0.15, 0.2) is 15.6 Å². The summed E-state index contributed by atoms with van der Waals surface area (Å²) in [4.78, 5) is -1.50. The molecular weight excluding hydrogens is 707 g/mol. The molecule has 4 rings (SSSR count). The quantitative estimate of drug-likeness (QED) is 0.101. The Labute approximate surface area is 268 Å². The molecule has 0 spiro atoms. The number of anilines is 2. The van der Waals surface area contributed by atoms with Crippen molar-refractivity contribution in [1.29, 1.82) is 0 Å². The van der Waals surface area contributed by atoms with Gasteiger partial charge in [0.2, 0.25) is 0 Å². The number of azo groups is 1. The van der Waals surface area contributed by atoms with Gasteiger partial charge in [-0.25, -0.2) is 12.6 Å². The first-order valence-electron chi connectivity index (χ1n) is 12.8. The number of sulfone groups is 1. The third-order valence-electron chi connectivity index (χ3n) is 6.40. The molecule has 21 heteroatoms. The lowest BCUT2D eigenvalue weighted by atomic mass is 10.1. The SMILES string of the molecule is COc1cc(S(=O)(=O)CCOS(=O)(=O)O)c(C)cc1/N=N/c1c(S(=O)(=O)O)cc2ccc(Nc3cccc(S(=O)(=O)O)c3)cc2c1O. The first-order chi connectivity index (χ1) is 21.7. The Kier molecular flexibility index (Phi) is 9.94. The van der Waals surface area contributed by atoms with Crippen molar-refractivity contribution in [2.24, 2.45) is 10.2 Å². The fraction of sp³-hybridized carbons (Fsp3) is 0.154. The van der Waals surface area contributed by atoms with E-state index in [4.69, 9.17) is 9.29 Å². The Hall–Kier alpha value is -4.22. The summed E-state index contributed by atoms with van der Waals surface area (Å²) in [6.45, 7) is 0.491. The highest BCUT2D eigenvalue weighted by atomic mass is 32.3. The molecule has 0 amide bonds. The Morgan fingerprint density at radius 1 is 0.787 bits per heavy atom. The van der Waals surface area contributed by atoms with Crippen LogP contribution in [0.5, 0.6) is 11.5 Å². The topological polar surface area (TPSA) is 273 Å². The van der Waals surface area contributed by atoms with Crippen LogP contribution in [0.2, 0.25) is 0 Å². The van der Waals surface area contributed by atoms with E-state index in [0.717, 1.165) is 18.2 Å². The van der Waals surface area contributed by atoms with Gasteiger partial charge in [-0.3, -0.25) is 13.7 Å². The number of nitrogens with zero attached hydrogens (tertiary/aromatic N) is 2. The smallest absolute Gasteiger partial charge is 0.397 e. The highest BCUT2D eigenvalue weighted by Crippen LogP contribution is 2.43. The summed E-state index contributed by atoms with van der Waals surface area (Å²) in [7, 11) is -17.4. The number of hydrogen-bond donors (Lipinski definition) is 5. The molecule has 0 saturated carbocycles. The summed E-state index contributed by atoms with van der Waals surface area (Å²) in [6, 6.07) is 12.7. The van der Waals surface area contributed by atoms with Gasteiger partial charge in [0.25, 0.3) is 20.2 Å². The molecule has 0 fully saturated rings. The average Bonchev–Trinajstić information content (AvgIpc) is 2.95. The van der Waals surface area contributed by atoms with Crippen LogP contribution in [0.1, 0.15) is 5.56 Å². The molecular formula is C26H25N3O14S4. The van der Waals surface area contributed by atoms with Gasteiger partial charge in [-0.15, -0.1) is 10.2 Å². The molecule has 0 aliphatic carbocycles. The molecule has 0 heterocycles. The lowest BCUT2D eigenvalue weighted by Crippen LogP contribution is -2.16. The molecule has 0 aliphatic rings. The van der Waals surface area contributed by atoms with Crippen LogP contribution in [0, 0.1) is 6.92 Å². The number of fused-ring (bicyclic) bond motifs is 1. The lowest BCUT2D eigenvalue weighted by molar-refractivity contribution is 0.284. The van der Waals surface area contributed by atoms with E-state index in [1.165, 1.54) is 56.5 Å². The lowest BCUT2D eigenvalue weighted by Gasteiger charge is -2.13. The minimum atomic E-state index is -4.99. The van der Waals surface area contributed by atoms with Crippen LogP contribution in [0.4, 0.5) is 22.7 Å². The normalized spacial score (nSPS) is 12.9. The van der Waals surface area contributed by atoms with Crippen LogP contribution in [-0.4, -0.2) is 71.9 Å². The van der Waals surface area contributed by atoms with Crippen LogP contribution in [-0.2, 0) is 44.7 Å². The number of ether oxygens (including phenoxy) is 1. The van der Waals surface area contributed by atoms with Crippen LogP contribution in [0.15, 0.2) is 85.6 Å². The van der Waals surface area contributed by atoms with E-state index in [0.29, 0.717) is 5.69 Å². The van der Waals surface area contributed by atoms with Crippen LogP contribution >= 0.6 is 0 Å². The van der Waals surface area contributed by atoms with Crippen molar-refractivity contribution in [1.82, 2.24) is 0 Å². The fourth-order valence-electron chi connectivity index (χ4n) is 4.31. The molecule has 0 aromatic heterocycles. The summed E-state index contributed by atoms with van der Waals surface area (Å²) >= 11 is 0. The molecule has 0 aliphatic heterocycles. The van der Waals surface area contributed by atoms with E-state index >= 15 is 0 Å². The second-order valence-electron chi connectivity index (χ2n) is 9.67. The number of benzene rings is 4. The minimum Gasteiger partial charge on any atom is -0.505 e. The Bertz CT molecular complexity index is 2360. The highest BCUT2D eigenvalue weighted by Gasteiger charge is 2.24. The zero-order valence-electron chi connectivity index (χ0n) is 24.1. The Morgan fingerprint density at radius 3 is 2.09 bits per heavy atom. The molecule has 0 atom stereocenters. The molecule has 0 unspecified atom stereocenters. The maximum atomic E-state index is 12.8. The van der Waals surface area contributed by atoms with Crippen molar-refractivity contribution in [2.75, 3.05) is 24.8 Å². The van der Waals surface area contributed by atoms with Crippen molar-refractivity contribution in [3.05, 3.63) is 66.2 Å². The largest absolute Gasteiger partial charge is 0.505 e. The number of phenolic OH excluding ortho intramolecular Hbond substituents is 1. The summed E-state index contributed by atoms with van der Waals surface area (Å²) in [5.74, 6) is -1.74. The molecule has 252 valence electrons. The van der Waals surface area contributed by atoms with E-state index in [1.54, 1.807) is 0 Å². The molecule has 17 nitrogen and oxygen atoms in total. The Morgan fingerprint density at radius 2 is 1.47 bits per heavy atom. The third-order valence-corrected chi connectivity index (χ3v) is 10.4. The van der Waals surface area contributed by atoms with Crippen LogP contribution < -0.4 is 10.1 Å². The van der Waals surface area contributed by atoms with Gasteiger partial charge >= 0.3 is 10.4 Å². The third kappa shape index (κ3) is 8.58. The van der Waals surface area contributed by atoms with Crippen molar-refractivity contribution in [3.8, 4) is 11.5 Å². The number of aryl methyl sites for hydroxylation is 1. The van der Waals surface area contributed by atoms with Gasteiger partial charge in [-0.1, -0.05) is 12.1 Å². The van der Waals surface area contributed by atoms with Crippen LogP contribution in [0.3, 0.4) is 0 Å². The maximum absolute atomic E-state index is 12.8. The summed E-state index contributed by atoms with van der Waals surface area (Å²) in [6.07, 6.45) is 0. The van der Waals surface area contributed by atoms with Gasteiger partial charge in [-0.2, -0.15) is 25.3 Å². The number of hydrogen-bond acceptors (Lipinski definition) is 14. The van der Waals surface area contributed by atoms with Crippen molar-refractivity contribution < 1.29 is 61.4 Å². The molecule has 0 radical (unpaired) electrons. The number of nitrogens with one attached hydrogen (secondary N) is 1. The highest BCUT2D eigenvalue weighted by molar-refractivity contribution is 7.91. The molecule has 47 heavy (non-hydrogen) atoms. The fourth-order valence-corrected chi connectivity index (χ4v) is 7.25. The van der Waals surface area contributed by atoms with E-state index in [9.17, 15) is 47.9 Å². The van der Waals surface area contributed by atoms with Gasteiger partial charge < -0.3 is 15.2 Å². The van der Waals surface area contributed by atoms with E-state index < -0.39 is 69.2 Å². The van der Waals surface area contributed by atoms with E-state index in [1.807, 2.05) is 0 Å². The van der Waals surface area contributed by atoms with Gasteiger partial charge in [0.05, 0.1) is 29.3 Å². The molecule has 0 saturated heterocycles. The predicted octanol–water partition coefficient (Wildman–Crippen LogP) is 4.11. The molecule has 4 aromatic carbocycles. The van der Waals surface area contributed by atoms with Crippen LogP contribution in [0.25, 0.3) is 10.8 Å². The van der Waals surface area contributed by atoms with Crippen molar-refractivity contribution >= 4 is 74.0 Å². The summed E-state index contributed by atoms with van der Waals surface area (Å²) < 4.78 is 132. The zero-order chi connectivity index (χ0) is 34.9. The van der Waals surface area contributed by atoms with Crippen molar-refractivity contribution in [3.63, 3.8) is 0 Å². The average molecular weight is 732 g/mol. The Balaban J connectivity index is 1.77. The number of aromatic hydroxyl groups is 1. The first kappa shape index (κ1) is 35.6. The van der Waals surface area contributed by atoms with E-state index in [-0.39, 0.29) is 43.3 Å². The molecule has 5 N–H and O–H groups in total.